The number of aryl methyl sites for hydroxylation is 1. The van der Waals surface area contributed by atoms with Crippen LogP contribution in [0.4, 0.5) is 26.3 Å². The van der Waals surface area contributed by atoms with E-state index >= 15 is 0 Å². The van der Waals surface area contributed by atoms with Gasteiger partial charge in [0.05, 0.1) is 32.0 Å². The quantitative estimate of drug-likeness (QED) is 0.222. The summed E-state index contributed by atoms with van der Waals surface area (Å²) in [7, 11) is -2.73. The van der Waals surface area contributed by atoms with E-state index in [9.17, 15) is 39.6 Å². The average molecular weight is 621 g/mol. The molecule has 0 spiro atoms. The van der Waals surface area contributed by atoms with E-state index in [4.69, 9.17) is 0 Å². The molecule has 1 unspecified atom stereocenters. The van der Waals surface area contributed by atoms with Crippen molar-refractivity contribution in [3.05, 3.63) is 113 Å². The first-order valence-electron chi connectivity index (χ1n) is 12.9. The molecule has 1 heterocycles. The fourth-order valence-electron chi connectivity index (χ4n) is 4.85. The van der Waals surface area contributed by atoms with Gasteiger partial charge in [-0.15, -0.1) is 0 Å². The van der Waals surface area contributed by atoms with Gasteiger partial charge in [0, 0.05) is 18.8 Å². The average Bonchev–Trinajstić information content (AvgIpc) is 2.96. The highest BCUT2D eigenvalue weighted by molar-refractivity contribution is 7.91. The van der Waals surface area contributed by atoms with E-state index in [1.54, 1.807) is 37.3 Å². The Morgan fingerprint density at radius 2 is 1.40 bits per heavy atom. The van der Waals surface area contributed by atoms with E-state index in [-0.39, 0.29) is 28.0 Å². The summed E-state index contributed by atoms with van der Waals surface area (Å²) in [6.07, 6.45) is -9.17. The summed E-state index contributed by atoms with van der Waals surface area (Å²) in [5, 5.41) is 2.35. The van der Waals surface area contributed by atoms with E-state index in [0.29, 0.717) is 28.8 Å². The zero-order valence-corrected chi connectivity index (χ0v) is 24.0. The van der Waals surface area contributed by atoms with E-state index in [1.807, 2.05) is 0 Å². The van der Waals surface area contributed by atoms with Crippen molar-refractivity contribution in [1.82, 2.24) is 10.3 Å². The predicted octanol–water partition coefficient (Wildman–Crippen LogP) is 7.17. The summed E-state index contributed by atoms with van der Waals surface area (Å²) < 4.78 is 109. The molecule has 1 amide bonds. The van der Waals surface area contributed by atoms with Crippen LogP contribution in [0.1, 0.15) is 34.7 Å². The smallest absolute Gasteiger partial charge is 0.358 e. The maximum absolute atomic E-state index is 13.7. The summed E-state index contributed by atoms with van der Waals surface area (Å²) in [4.78, 5) is 17.6. The Hall–Kier alpha value is -4.19. The van der Waals surface area contributed by atoms with Crippen LogP contribution in [0, 0.1) is 6.92 Å². The Bertz CT molecular complexity index is 1740. The van der Waals surface area contributed by atoms with Crippen LogP contribution in [-0.2, 0) is 38.8 Å². The molecule has 0 fully saturated rings. The maximum atomic E-state index is 13.7. The molecule has 3 aromatic carbocycles. The van der Waals surface area contributed by atoms with Gasteiger partial charge in [0.15, 0.2) is 0 Å². The zero-order valence-electron chi connectivity index (χ0n) is 23.1. The van der Waals surface area contributed by atoms with Gasteiger partial charge in [0.1, 0.15) is 0 Å². The number of halogens is 6. The topological polar surface area (TPSA) is 76.1 Å². The number of pyridine rings is 1. The molecule has 43 heavy (non-hydrogen) atoms. The van der Waals surface area contributed by atoms with Gasteiger partial charge in [0.2, 0.25) is 15.7 Å². The molecule has 12 heteroatoms. The molecule has 5 nitrogen and oxygen atoms in total. The van der Waals surface area contributed by atoms with Crippen LogP contribution in [-0.4, -0.2) is 26.4 Å². The van der Waals surface area contributed by atoms with Gasteiger partial charge in [-0.25, -0.2) is 8.42 Å². The molecular formula is C31H26F6N2O3S. The Balaban J connectivity index is 1.89. The van der Waals surface area contributed by atoms with Crippen molar-refractivity contribution in [3.63, 3.8) is 0 Å². The zero-order chi connectivity index (χ0) is 31.8. The number of rotatable bonds is 7. The van der Waals surface area contributed by atoms with Crippen molar-refractivity contribution in [2.45, 2.75) is 47.8 Å². The fourth-order valence-corrected chi connectivity index (χ4v) is 6.39. The molecule has 0 aliphatic rings. The second-order valence-corrected chi connectivity index (χ2v) is 12.1. The number of nitrogens with one attached hydrogen (secondary N) is 1. The van der Waals surface area contributed by atoms with Gasteiger partial charge in [-0.1, -0.05) is 36.4 Å². The monoisotopic (exact) mass is 620 g/mol. The van der Waals surface area contributed by atoms with Crippen molar-refractivity contribution in [2.75, 3.05) is 7.05 Å². The van der Waals surface area contributed by atoms with E-state index in [2.05, 4.69) is 10.3 Å². The number of aromatic nitrogens is 1. The predicted molar refractivity (Wildman–Crippen MR) is 148 cm³/mol. The molecular weight excluding hydrogens is 594 g/mol. The summed E-state index contributed by atoms with van der Waals surface area (Å²) in [6, 6.07) is 16.5. The molecule has 0 saturated heterocycles. The highest BCUT2D eigenvalue weighted by Crippen LogP contribution is 2.41. The normalized spacial score (nSPS) is 13.8. The first-order valence-corrected chi connectivity index (χ1v) is 14.3. The molecule has 226 valence electrons. The van der Waals surface area contributed by atoms with Gasteiger partial charge < -0.3 is 5.32 Å². The maximum Gasteiger partial charge on any atom is 0.416 e. The fraction of sp³-hybridized carbons (Fsp3) is 0.226. The molecule has 1 aromatic heterocycles. The third-order valence-corrected chi connectivity index (χ3v) is 9.10. The van der Waals surface area contributed by atoms with Crippen molar-refractivity contribution in [3.8, 4) is 11.3 Å². The third-order valence-electron chi connectivity index (χ3n) is 7.19. The van der Waals surface area contributed by atoms with E-state index < -0.39 is 50.2 Å². The van der Waals surface area contributed by atoms with Crippen molar-refractivity contribution < 1.29 is 39.6 Å². The Morgan fingerprint density at radius 1 is 0.814 bits per heavy atom. The molecule has 0 saturated carbocycles. The molecule has 0 bridgehead atoms. The van der Waals surface area contributed by atoms with Crippen molar-refractivity contribution >= 4 is 15.7 Å². The van der Waals surface area contributed by atoms with Crippen LogP contribution < -0.4 is 5.32 Å². The van der Waals surface area contributed by atoms with Gasteiger partial charge in [-0.2, -0.15) is 26.3 Å². The number of hydrogen-bond donors (Lipinski definition) is 1. The lowest BCUT2D eigenvalue weighted by Crippen LogP contribution is -2.43. The molecule has 1 N–H and O–H groups in total. The van der Waals surface area contributed by atoms with Crippen LogP contribution in [0.3, 0.4) is 0 Å². The summed E-state index contributed by atoms with van der Waals surface area (Å²) in [6.45, 7) is 2.87. The number of likely N-dealkylation sites (N-methyl/N-ethyl adjacent to an activating group) is 1. The number of nitrogens with zero attached hydrogens (tertiary/aromatic N) is 1. The SMILES string of the molecule is CNC(=O)C(C)(Cc1cccnc1-c1ccc(C)c(S(=O)(=O)c2ccccc2)c1)c1cc(C(F)(F)F)cc(C(F)(F)F)c1. The van der Waals surface area contributed by atoms with Crippen LogP contribution in [0.25, 0.3) is 11.3 Å². The number of sulfone groups is 1. The van der Waals surface area contributed by atoms with Crippen LogP contribution >= 0.6 is 0 Å². The van der Waals surface area contributed by atoms with Crippen LogP contribution in [0.15, 0.2) is 94.9 Å². The number of amides is 1. The third kappa shape index (κ3) is 6.43. The Kier molecular flexibility index (Phi) is 8.47. The van der Waals surface area contributed by atoms with E-state index in [1.165, 1.54) is 50.5 Å². The second-order valence-electron chi connectivity index (χ2n) is 10.2. The molecule has 1 atom stereocenters. The first-order chi connectivity index (χ1) is 20.0. The lowest BCUT2D eigenvalue weighted by molar-refractivity contribution is -0.143. The number of carbonyl (C=O) groups excluding carboxylic acids is 1. The molecule has 4 rings (SSSR count). The number of hydrogen-bond acceptors (Lipinski definition) is 4. The van der Waals surface area contributed by atoms with Crippen LogP contribution in [0.5, 0.6) is 0 Å². The van der Waals surface area contributed by atoms with Crippen LogP contribution in [0.2, 0.25) is 0 Å². The second kappa shape index (κ2) is 11.5. The number of carbonyl (C=O) groups is 1. The molecule has 0 radical (unpaired) electrons. The Morgan fingerprint density at radius 3 is 1.95 bits per heavy atom. The minimum Gasteiger partial charge on any atom is -0.358 e. The van der Waals surface area contributed by atoms with Crippen molar-refractivity contribution in [1.29, 1.82) is 0 Å². The number of benzene rings is 3. The summed E-state index contributed by atoms with van der Waals surface area (Å²) >= 11 is 0. The highest BCUT2D eigenvalue weighted by Gasteiger charge is 2.42. The largest absolute Gasteiger partial charge is 0.416 e. The molecule has 4 aromatic rings. The minimum absolute atomic E-state index is 0.00424. The Labute approximate surface area is 244 Å². The minimum atomic E-state index is -5.11. The number of alkyl halides is 6. The standard InChI is InChI=1S/C31H26F6N2O3S/c1-19-11-12-20(14-26(19)43(41,42)25-9-5-4-6-10-25)27-21(8-7-13-39-27)18-29(2,28(40)38-3)22-15-23(30(32,33)34)17-24(16-22)31(35,36)37/h4-17H,18H2,1-3H3,(H,38,40). The van der Waals surface area contributed by atoms with E-state index in [0.717, 1.165) is 0 Å². The first kappa shape index (κ1) is 31.7. The van der Waals surface area contributed by atoms with Gasteiger partial charge >= 0.3 is 12.4 Å². The van der Waals surface area contributed by atoms with Crippen molar-refractivity contribution in [2.24, 2.45) is 0 Å². The summed E-state index contributed by atoms with van der Waals surface area (Å²) in [5.74, 6) is -0.828. The summed E-state index contributed by atoms with van der Waals surface area (Å²) in [5.41, 5.74) is -4.23. The lowest BCUT2D eigenvalue weighted by Gasteiger charge is -2.30. The lowest BCUT2D eigenvalue weighted by atomic mass is 9.74. The van der Waals surface area contributed by atoms with Gasteiger partial charge in [0.25, 0.3) is 0 Å². The van der Waals surface area contributed by atoms with Gasteiger partial charge in [-0.3, -0.25) is 9.78 Å². The molecule has 0 aliphatic heterocycles. The highest BCUT2D eigenvalue weighted by atomic mass is 32.2. The molecule has 0 aliphatic carbocycles. The van der Waals surface area contributed by atoms with Gasteiger partial charge in [-0.05, 0) is 79.4 Å².